The Morgan fingerprint density at radius 1 is 1.05 bits per heavy atom. The highest BCUT2D eigenvalue weighted by atomic mass is 16.3. The molecule has 4 aliphatic rings. The summed E-state index contributed by atoms with van der Waals surface area (Å²) in [6, 6.07) is 0. The van der Waals surface area contributed by atoms with Gasteiger partial charge in [0.15, 0.2) is 0 Å². The molecular weight excluding hydrogens is 268 g/mol. The predicted molar refractivity (Wildman–Crippen MR) is 91.4 cm³/mol. The topological polar surface area (TPSA) is 20.2 Å². The lowest BCUT2D eigenvalue weighted by molar-refractivity contribution is -0.0859. The third-order valence-electron chi connectivity index (χ3n) is 8.86. The molecule has 0 aliphatic heterocycles. The fourth-order valence-corrected chi connectivity index (χ4v) is 7.57. The largest absolute Gasteiger partial charge is 0.389 e. The van der Waals surface area contributed by atoms with Gasteiger partial charge in [0, 0.05) is 0 Å². The quantitative estimate of drug-likeness (QED) is 0.661. The van der Waals surface area contributed by atoms with Gasteiger partial charge in [-0.15, -0.1) is 0 Å². The number of hydrogen-bond donors (Lipinski definition) is 1. The van der Waals surface area contributed by atoms with E-state index in [9.17, 15) is 5.11 Å². The Morgan fingerprint density at radius 3 is 2.64 bits per heavy atom. The van der Waals surface area contributed by atoms with E-state index in [4.69, 9.17) is 0 Å². The zero-order valence-corrected chi connectivity index (χ0v) is 14.7. The molecule has 124 valence electrons. The van der Waals surface area contributed by atoms with E-state index in [-0.39, 0.29) is 6.10 Å². The molecule has 0 radical (unpaired) electrons. The summed E-state index contributed by atoms with van der Waals surface area (Å²) >= 11 is 0. The zero-order chi connectivity index (χ0) is 15.5. The Morgan fingerprint density at radius 2 is 1.86 bits per heavy atom. The number of rotatable bonds is 1. The molecule has 0 amide bonds. The first kappa shape index (κ1) is 15.2. The molecular formula is C21H34O. The van der Waals surface area contributed by atoms with E-state index in [1.165, 1.54) is 44.9 Å². The first-order valence-electron chi connectivity index (χ1n) is 9.86. The Kier molecular flexibility index (Phi) is 3.53. The highest BCUT2D eigenvalue weighted by Crippen LogP contribution is 2.66. The van der Waals surface area contributed by atoms with Gasteiger partial charge in [0.25, 0.3) is 0 Å². The maximum Gasteiger partial charge on any atom is 0.0724 e. The van der Waals surface area contributed by atoms with Crippen molar-refractivity contribution in [3.63, 3.8) is 0 Å². The number of aliphatic hydroxyl groups is 1. The summed E-state index contributed by atoms with van der Waals surface area (Å²) in [5, 5.41) is 10.0. The van der Waals surface area contributed by atoms with Crippen LogP contribution in [0.2, 0.25) is 0 Å². The highest BCUT2D eigenvalue weighted by Gasteiger charge is 2.58. The number of hydrogen-bond acceptors (Lipinski definition) is 1. The zero-order valence-electron chi connectivity index (χ0n) is 14.7. The maximum absolute atomic E-state index is 10.0. The van der Waals surface area contributed by atoms with E-state index in [2.05, 4.69) is 32.9 Å². The lowest BCUT2D eigenvalue weighted by atomic mass is 9.46. The smallest absolute Gasteiger partial charge is 0.0724 e. The second-order valence-corrected chi connectivity index (χ2v) is 9.41. The molecule has 0 aromatic heterocycles. The van der Waals surface area contributed by atoms with Crippen molar-refractivity contribution in [2.45, 2.75) is 78.2 Å². The molecule has 0 aromatic carbocycles. The normalized spacial score (nSPS) is 57.1. The molecule has 1 heteroatoms. The predicted octanol–water partition coefficient (Wildman–Crippen LogP) is 5.19. The van der Waals surface area contributed by atoms with Gasteiger partial charge in [0.1, 0.15) is 0 Å². The fourth-order valence-electron chi connectivity index (χ4n) is 7.57. The van der Waals surface area contributed by atoms with Gasteiger partial charge in [-0.25, -0.2) is 0 Å². The third-order valence-corrected chi connectivity index (χ3v) is 8.86. The number of aliphatic hydroxyl groups excluding tert-OH is 1. The highest BCUT2D eigenvalue weighted by molar-refractivity contribution is 5.17. The van der Waals surface area contributed by atoms with Crippen molar-refractivity contribution in [1.29, 1.82) is 0 Å². The molecule has 8 atom stereocenters. The molecule has 0 spiro atoms. The van der Waals surface area contributed by atoms with Crippen LogP contribution in [0.5, 0.6) is 0 Å². The van der Waals surface area contributed by atoms with Crippen LogP contribution in [-0.4, -0.2) is 11.2 Å². The molecule has 3 saturated carbocycles. The van der Waals surface area contributed by atoms with Crippen molar-refractivity contribution < 1.29 is 5.11 Å². The lowest BCUT2D eigenvalue weighted by Crippen LogP contribution is -2.52. The van der Waals surface area contributed by atoms with Crippen LogP contribution >= 0.6 is 0 Å². The average molecular weight is 303 g/mol. The lowest BCUT2D eigenvalue weighted by Gasteiger charge is -2.59. The van der Waals surface area contributed by atoms with E-state index < -0.39 is 0 Å². The van der Waals surface area contributed by atoms with Gasteiger partial charge in [-0.3, -0.25) is 0 Å². The average Bonchev–Trinajstić information content (AvgIpc) is 2.84. The number of allylic oxidation sites excluding steroid dienone is 1. The molecule has 0 bridgehead atoms. The summed E-state index contributed by atoms with van der Waals surface area (Å²) in [6.45, 7) is 7.56. The SMILES string of the molecule is CC[C@H]1CC[C@H]2[C@@H]3CCC4C[C@@H](O)C=C[C@]4(C)[C@H]3CC[C@]12C. The molecule has 4 aliphatic carbocycles. The van der Waals surface area contributed by atoms with Gasteiger partial charge in [0.05, 0.1) is 6.10 Å². The van der Waals surface area contributed by atoms with Crippen molar-refractivity contribution in [3.8, 4) is 0 Å². The molecule has 3 fully saturated rings. The van der Waals surface area contributed by atoms with E-state index in [0.29, 0.717) is 10.8 Å². The van der Waals surface area contributed by atoms with Crippen LogP contribution in [0.3, 0.4) is 0 Å². The second-order valence-electron chi connectivity index (χ2n) is 9.41. The van der Waals surface area contributed by atoms with E-state index in [1.807, 2.05) is 0 Å². The van der Waals surface area contributed by atoms with Crippen molar-refractivity contribution in [1.82, 2.24) is 0 Å². The van der Waals surface area contributed by atoms with Gasteiger partial charge < -0.3 is 5.11 Å². The van der Waals surface area contributed by atoms with Gasteiger partial charge in [-0.1, -0.05) is 39.3 Å². The molecule has 4 rings (SSSR count). The van der Waals surface area contributed by atoms with Crippen molar-refractivity contribution >= 4 is 0 Å². The molecule has 1 unspecified atom stereocenters. The van der Waals surface area contributed by atoms with Crippen LogP contribution in [0, 0.1) is 40.4 Å². The fraction of sp³-hybridized carbons (Fsp3) is 0.905. The van der Waals surface area contributed by atoms with Crippen LogP contribution in [0.4, 0.5) is 0 Å². The summed E-state index contributed by atoms with van der Waals surface area (Å²) in [4.78, 5) is 0. The van der Waals surface area contributed by atoms with E-state index in [0.717, 1.165) is 36.0 Å². The molecule has 0 aromatic rings. The standard InChI is InChI=1S/C21H34O/c1-4-14-6-8-18-17-7-5-15-13-16(22)9-11-21(15,3)19(17)10-12-20(14,18)2/h9,11,14-19,22H,4-8,10,12-13H2,1-3H3/t14-,15?,16-,17-,18-,19-,20+,21-/m0/s1. The first-order valence-corrected chi connectivity index (χ1v) is 9.86. The summed E-state index contributed by atoms with van der Waals surface area (Å²) in [5.41, 5.74) is 1.00. The van der Waals surface area contributed by atoms with Crippen molar-refractivity contribution in [3.05, 3.63) is 12.2 Å². The Balaban J connectivity index is 1.65. The second kappa shape index (κ2) is 5.10. The number of fused-ring (bicyclic) bond motifs is 5. The molecule has 1 nitrogen and oxygen atoms in total. The van der Waals surface area contributed by atoms with Crippen LogP contribution in [0.15, 0.2) is 12.2 Å². The molecule has 22 heavy (non-hydrogen) atoms. The summed E-state index contributed by atoms with van der Waals surface area (Å²) in [5.74, 6) is 4.52. The first-order chi connectivity index (χ1) is 10.5. The molecule has 0 saturated heterocycles. The monoisotopic (exact) mass is 302 g/mol. The van der Waals surface area contributed by atoms with Crippen LogP contribution < -0.4 is 0 Å². The Labute approximate surface area is 136 Å². The minimum absolute atomic E-state index is 0.181. The van der Waals surface area contributed by atoms with E-state index >= 15 is 0 Å². The summed E-state index contributed by atoms with van der Waals surface area (Å²) in [6.07, 6.45) is 15.4. The third kappa shape index (κ3) is 1.93. The summed E-state index contributed by atoms with van der Waals surface area (Å²) < 4.78 is 0. The summed E-state index contributed by atoms with van der Waals surface area (Å²) in [7, 11) is 0. The molecule has 1 N–H and O–H groups in total. The van der Waals surface area contributed by atoms with Crippen molar-refractivity contribution in [2.75, 3.05) is 0 Å². The molecule has 0 heterocycles. The Bertz CT molecular complexity index is 469. The van der Waals surface area contributed by atoms with Gasteiger partial charge in [-0.2, -0.15) is 0 Å². The van der Waals surface area contributed by atoms with Gasteiger partial charge in [-0.05, 0) is 85.4 Å². The van der Waals surface area contributed by atoms with Crippen molar-refractivity contribution in [2.24, 2.45) is 40.4 Å². The van der Waals surface area contributed by atoms with E-state index in [1.54, 1.807) is 0 Å². The minimum Gasteiger partial charge on any atom is -0.389 e. The van der Waals surface area contributed by atoms with Gasteiger partial charge >= 0.3 is 0 Å². The Hall–Kier alpha value is -0.300. The van der Waals surface area contributed by atoms with Gasteiger partial charge in [0.2, 0.25) is 0 Å². The van der Waals surface area contributed by atoms with Crippen LogP contribution in [0.1, 0.15) is 72.1 Å². The maximum atomic E-state index is 10.0. The minimum atomic E-state index is -0.181. The van der Waals surface area contributed by atoms with Crippen LogP contribution in [-0.2, 0) is 0 Å². The van der Waals surface area contributed by atoms with Crippen LogP contribution in [0.25, 0.3) is 0 Å².